The summed E-state index contributed by atoms with van der Waals surface area (Å²) in [6, 6.07) is 10.3. The summed E-state index contributed by atoms with van der Waals surface area (Å²) in [6.07, 6.45) is 13.4. The second-order valence-electron chi connectivity index (χ2n) is 10.3. The number of anilines is 3. The minimum absolute atomic E-state index is 0.452. The fourth-order valence-electron chi connectivity index (χ4n) is 4.96. The lowest BCUT2D eigenvalue weighted by atomic mass is 10.1. The van der Waals surface area contributed by atoms with Gasteiger partial charge in [-0.1, -0.05) is 26.3 Å². The molecule has 1 N–H and O–H groups in total. The van der Waals surface area contributed by atoms with Gasteiger partial charge < -0.3 is 19.7 Å². The van der Waals surface area contributed by atoms with Crippen molar-refractivity contribution in [2.75, 3.05) is 29.9 Å². The number of nitrogens with one attached hydrogen (secondary N) is 1. The molecule has 1 atom stereocenters. The Kier molecular flexibility index (Phi) is 8.34. The first kappa shape index (κ1) is 27.2. The first-order valence-electron chi connectivity index (χ1n) is 14.0. The molecule has 2 aromatic carbocycles. The summed E-state index contributed by atoms with van der Waals surface area (Å²) in [4.78, 5) is 11.6. The molecule has 1 unspecified atom stereocenters. The minimum Gasteiger partial charge on any atom is -0.491 e. The third-order valence-corrected chi connectivity index (χ3v) is 7.03. The molecule has 3 heterocycles. The molecule has 1 aromatic heterocycles. The standard InChI is InChI=1S/C32H38N6O2/c1-6-9-13-37-19-22(4)20-39-31-18-28-27(17-29(31)37)32(34-21-33-28)36-24-10-11-30(23(5)15-24)40-26-12-14-38(35-8-3)25(7-2)16-26/h7-8,10-12,14-18,21-22H,6,9,13,19-20H2,1-5H3,(H,33,34,36)/b25-7?,35-8-. The van der Waals surface area contributed by atoms with Gasteiger partial charge >= 0.3 is 0 Å². The topological polar surface area (TPSA) is 75.1 Å². The number of unbranched alkanes of at least 4 members (excludes halogenated alkanes) is 1. The normalized spacial score (nSPS) is 18.1. The van der Waals surface area contributed by atoms with E-state index in [4.69, 9.17) is 9.47 Å². The Balaban J connectivity index is 1.39. The zero-order valence-corrected chi connectivity index (χ0v) is 24.0. The van der Waals surface area contributed by atoms with E-state index in [-0.39, 0.29) is 0 Å². The number of aromatic nitrogens is 2. The fraction of sp³-hybridized carbons (Fsp3) is 0.344. The molecule has 2 aliphatic heterocycles. The highest BCUT2D eigenvalue weighted by atomic mass is 16.5. The van der Waals surface area contributed by atoms with E-state index < -0.39 is 0 Å². The van der Waals surface area contributed by atoms with Gasteiger partial charge in [0.1, 0.15) is 29.4 Å². The van der Waals surface area contributed by atoms with Gasteiger partial charge in [-0.15, -0.1) is 0 Å². The minimum atomic E-state index is 0.452. The monoisotopic (exact) mass is 538 g/mol. The molecular weight excluding hydrogens is 500 g/mol. The fourth-order valence-corrected chi connectivity index (χ4v) is 4.96. The maximum Gasteiger partial charge on any atom is 0.144 e. The number of hydrogen-bond acceptors (Lipinski definition) is 8. The Morgan fingerprint density at radius 3 is 2.85 bits per heavy atom. The Hall–Kier alpha value is -4.33. The zero-order chi connectivity index (χ0) is 28.1. The molecule has 208 valence electrons. The lowest BCUT2D eigenvalue weighted by Crippen LogP contribution is -2.29. The number of allylic oxidation sites excluding steroid dienone is 3. The van der Waals surface area contributed by atoms with Crippen molar-refractivity contribution < 1.29 is 9.47 Å². The molecule has 2 aliphatic rings. The van der Waals surface area contributed by atoms with Gasteiger partial charge in [0.05, 0.1) is 23.5 Å². The van der Waals surface area contributed by atoms with Crippen LogP contribution < -0.4 is 19.7 Å². The molecule has 0 amide bonds. The molecule has 0 saturated carbocycles. The first-order chi connectivity index (χ1) is 19.5. The number of fused-ring (bicyclic) bond motifs is 2. The molecule has 0 aliphatic carbocycles. The summed E-state index contributed by atoms with van der Waals surface area (Å²) < 4.78 is 12.4. The van der Waals surface area contributed by atoms with E-state index in [1.165, 1.54) is 0 Å². The summed E-state index contributed by atoms with van der Waals surface area (Å²) in [5, 5.41) is 10.6. The second kappa shape index (κ2) is 12.2. The van der Waals surface area contributed by atoms with Gasteiger partial charge in [-0.2, -0.15) is 5.10 Å². The predicted octanol–water partition coefficient (Wildman–Crippen LogP) is 7.32. The smallest absolute Gasteiger partial charge is 0.144 e. The van der Waals surface area contributed by atoms with Crippen molar-refractivity contribution in [1.82, 2.24) is 15.0 Å². The maximum absolute atomic E-state index is 6.23. The lowest BCUT2D eigenvalue weighted by molar-refractivity contribution is 0.274. The molecule has 0 saturated heterocycles. The Morgan fingerprint density at radius 1 is 1.20 bits per heavy atom. The third kappa shape index (κ3) is 5.96. The third-order valence-electron chi connectivity index (χ3n) is 7.03. The van der Waals surface area contributed by atoms with Crippen LogP contribution in [0.3, 0.4) is 0 Å². The molecule has 0 spiro atoms. The van der Waals surface area contributed by atoms with E-state index in [9.17, 15) is 0 Å². The lowest BCUT2D eigenvalue weighted by Gasteiger charge is -2.25. The van der Waals surface area contributed by atoms with Crippen LogP contribution in [0, 0.1) is 12.8 Å². The molecule has 0 fully saturated rings. The van der Waals surface area contributed by atoms with Gasteiger partial charge in [0.2, 0.25) is 0 Å². The van der Waals surface area contributed by atoms with Crippen LogP contribution in [0.15, 0.2) is 77.6 Å². The average Bonchev–Trinajstić information content (AvgIpc) is 3.11. The van der Waals surface area contributed by atoms with Crippen LogP contribution in [0.2, 0.25) is 0 Å². The number of nitrogens with zero attached hydrogens (tertiary/aromatic N) is 5. The molecule has 5 rings (SSSR count). The summed E-state index contributed by atoms with van der Waals surface area (Å²) in [6.45, 7) is 13.1. The number of rotatable bonds is 8. The quantitative estimate of drug-likeness (QED) is 0.301. The van der Waals surface area contributed by atoms with Crippen LogP contribution in [0.1, 0.15) is 46.1 Å². The highest BCUT2D eigenvalue weighted by Gasteiger charge is 2.22. The number of hydrogen-bond donors (Lipinski definition) is 1. The van der Waals surface area contributed by atoms with Crippen molar-refractivity contribution in [2.24, 2.45) is 11.0 Å². The van der Waals surface area contributed by atoms with Gasteiger partial charge in [-0.05, 0) is 63.1 Å². The van der Waals surface area contributed by atoms with Crippen LogP contribution >= 0.6 is 0 Å². The molecule has 3 aromatic rings. The highest BCUT2D eigenvalue weighted by molar-refractivity contribution is 5.95. The highest BCUT2D eigenvalue weighted by Crippen LogP contribution is 2.38. The second-order valence-corrected chi connectivity index (χ2v) is 10.3. The van der Waals surface area contributed by atoms with Crippen LogP contribution in [0.4, 0.5) is 17.2 Å². The number of benzene rings is 2. The van der Waals surface area contributed by atoms with Gasteiger partial charge in [0, 0.05) is 54.6 Å². The largest absolute Gasteiger partial charge is 0.491 e. The molecule has 8 heteroatoms. The maximum atomic E-state index is 6.23. The van der Waals surface area contributed by atoms with E-state index in [0.717, 1.165) is 82.5 Å². The van der Waals surface area contributed by atoms with E-state index in [1.807, 2.05) is 68.4 Å². The van der Waals surface area contributed by atoms with Crippen LogP contribution in [0.5, 0.6) is 11.5 Å². The molecule has 0 radical (unpaired) electrons. The van der Waals surface area contributed by atoms with Crippen LogP contribution in [0.25, 0.3) is 10.9 Å². The number of hydrazone groups is 1. The van der Waals surface area contributed by atoms with Gasteiger partial charge in [-0.3, -0.25) is 0 Å². The van der Waals surface area contributed by atoms with E-state index in [0.29, 0.717) is 12.5 Å². The summed E-state index contributed by atoms with van der Waals surface area (Å²) >= 11 is 0. The van der Waals surface area contributed by atoms with Gasteiger partial charge in [0.15, 0.2) is 0 Å². The average molecular weight is 539 g/mol. The predicted molar refractivity (Wildman–Crippen MR) is 163 cm³/mol. The molecule has 0 bridgehead atoms. The summed E-state index contributed by atoms with van der Waals surface area (Å²) in [5.41, 5.74) is 4.86. The molecule has 40 heavy (non-hydrogen) atoms. The van der Waals surface area contributed by atoms with Crippen molar-refractivity contribution >= 4 is 34.3 Å². The van der Waals surface area contributed by atoms with Crippen LogP contribution in [-0.4, -0.2) is 40.9 Å². The van der Waals surface area contributed by atoms with Crippen molar-refractivity contribution in [3.63, 3.8) is 0 Å². The van der Waals surface area contributed by atoms with Gasteiger partial charge in [0.25, 0.3) is 0 Å². The van der Waals surface area contributed by atoms with Gasteiger partial charge in [-0.25, -0.2) is 15.0 Å². The first-order valence-corrected chi connectivity index (χ1v) is 14.0. The van der Waals surface area contributed by atoms with E-state index >= 15 is 0 Å². The Labute approximate surface area is 236 Å². The van der Waals surface area contributed by atoms with Crippen LogP contribution in [-0.2, 0) is 0 Å². The van der Waals surface area contributed by atoms with Crippen molar-refractivity contribution in [3.8, 4) is 11.5 Å². The molecule has 8 nitrogen and oxygen atoms in total. The molecular formula is C32H38N6O2. The zero-order valence-electron chi connectivity index (χ0n) is 24.0. The van der Waals surface area contributed by atoms with Crippen molar-refractivity contribution in [2.45, 2.75) is 47.5 Å². The van der Waals surface area contributed by atoms with Crippen molar-refractivity contribution in [1.29, 1.82) is 0 Å². The number of ether oxygens (including phenoxy) is 2. The summed E-state index contributed by atoms with van der Waals surface area (Å²) in [5.74, 6) is 3.66. The Bertz CT molecular complexity index is 1490. The summed E-state index contributed by atoms with van der Waals surface area (Å²) in [7, 11) is 0. The SMILES string of the molecule is CC=C1C=C(Oc2ccc(Nc3ncnc4cc5c(cc34)N(CCCC)CC(C)CO5)cc2C)C=CN1/N=C\C. The van der Waals surface area contributed by atoms with E-state index in [2.05, 4.69) is 51.3 Å². The Morgan fingerprint density at radius 2 is 2.08 bits per heavy atom. The van der Waals surface area contributed by atoms with E-state index in [1.54, 1.807) is 12.5 Å². The number of aryl methyl sites for hydroxylation is 1. The van der Waals surface area contributed by atoms with Crippen molar-refractivity contribution in [3.05, 3.63) is 78.1 Å².